The Balaban J connectivity index is 1.41. The van der Waals surface area contributed by atoms with Gasteiger partial charge in [0.25, 0.3) is 5.91 Å². The number of aryl methyl sites for hydroxylation is 2. The number of rotatable bonds is 6. The van der Waals surface area contributed by atoms with Gasteiger partial charge in [-0.1, -0.05) is 17.3 Å². The second kappa shape index (κ2) is 7.83. The highest BCUT2D eigenvalue weighted by molar-refractivity contribution is 5.91. The summed E-state index contributed by atoms with van der Waals surface area (Å²) in [7, 11) is 0. The van der Waals surface area contributed by atoms with Gasteiger partial charge in [0.15, 0.2) is 5.76 Å². The third-order valence-electron chi connectivity index (χ3n) is 5.06. The first-order valence-electron chi connectivity index (χ1n) is 9.56. The first kappa shape index (κ1) is 18.8. The van der Waals surface area contributed by atoms with E-state index in [1.165, 1.54) is 0 Å². The molecule has 0 saturated heterocycles. The molecule has 0 aliphatic rings. The van der Waals surface area contributed by atoms with Gasteiger partial charge in [0.1, 0.15) is 11.5 Å². The van der Waals surface area contributed by atoms with E-state index >= 15 is 0 Å². The minimum atomic E-state index is -0.239. The van der Waals surface area contributed by atoms with Crippen molar-refractivity contribution in [3.8, 4) is 5.69 Å². The van der Waals surface area contributed by atoms with Crippen LogP contribution in [0.2, 0.25) is 0 Å². The molecule has 0 radical (unpaired) electrons. The zero-order valence-electron chi connectivity index (χ0n) is 16.7. The van der Waals surface area contributed by atoms with Crippen molar-refractivity contribution in [2.45, 2.75) is 33.2 Å². The third kappa shape index (κ3) is 4.01. The third-order valence-corrected chi connectivity index (χ3v) is 5.06. The first-order valence-corrected chi connectivity index (χ1v) is 9.56. The number of amides is 1. The minimum Gasteiger partial charge on any atom is -0.456 e. The summed E-state index contributed by atoms with van der Waals surface area (Å²) in [6, 6.07) is 15.5. The van der Waals surface area contributed by atoms with E-state index in [1.54, 1.807) is 6.07 Å². The number of benzene rings is 1. The van der Waals surface area contributed by atoms with E-state index in [1.807, 2.05) is 80.2 Å². The van der Waals surface area contributed by atoms with E-state index in [4.69, 9.17) is 8.94 Å². The zero-order chi connectivity index (χ0) is 20.4. The molecule has 0 fully saturated rings. The predicted octanol–water partition coefficient (Wildman–Crippen LogP) is 4.76. The van der Waals surface area contributed by atoms with Crippen LogP contribution in [0, 0.1) is 13.8 Å². The van der Waals surface area contributed by atoms with Crippen LogP contribution in [0.5, 0.6) is 0 Å². The molecule has 0 aliphatic heterocycles. The van der Waals surface area contributed by atoms with Gasteiger partial charge in [-0.2, -0.15) is 0 Å². The quantitative estimate of drug-likeness (QED) is 0.516. The van der Waals surface area contributed by atoms with Gasteiger partial charge in [-0.3, -0.25) is 4.79 Å². The maximum atomic E-state index is 12.6. The molecule has 0 bridgehead atoms. The van der Waals surface area contributed by atoms with Crippen LogP contribution in [0.1, 0.15) is 51.9 Å². The number of nitrogens with zero attached hydrogens (tertiary/aromatic N) is 2. The van der Waals surface area contributed by atoms with E-state index in [-0.39, 0.29) is 11.9 Å². The average Bonchev–Trinajstić information content (AvgIpc) is 3.47. The average molecular weight is 389 g/mol. The van der Waals surface area contributed by atoms with Crippen molar-refractivity contribution in [3.05, 3.63) is 95.0 Å². The lowest BCUT2D eigenvalue weighted by atomic mass is 10.1. The van der Waals surface area contributed by atoms with Gasteiger partial charge >= 0.3 is 0 Å². The standard InChI is InChI=1S/C23H23N3O3/c1-15(18-6-8-19(9-7-18)26-12-4-5-13-26)24-23(27)22-11-10-20(28-22)14-21-16(2)25-29-17(21)3/h4-13,15H,14H2,1-3H3,(H,24,27). The van der Waals surface area contributed by atoms with Crippen LogP contribution in [0.25, 0.3) is 5.69 Å². The van der Waals surface area contributed by atoms with Crippen molar-refractivity contribution >= 4 is 5.91 Å². The second-order valence-corrected chi connectivity index (χ2v) is 7.12. The van der Waals surface area contributed by atoms with Crippen LogP contribution in [0.4, 0.5) is 0 Å². The van der Waals surface area contributed by atoms with Gasteiger partial charge < -0.3 is 18.8 Å². The van der Waals surface area contributed by atoms with Crippen molar-refractivity contribution in [3.63, 3.8) is 0 Å². The summed E-state index contributed by atoms with van der Waals surface area (Å²) in [5.41, 5.74) is 3.92. The van der Waals surface area contributed by atoms with Gasteiger partial charge in [0.05, 0.1) is 11.7 Å². The Morgan fingerprint density at radius 3 is 2.48 bits per heavy atom. The van der Waals surface area contributed by atoms with Crippen LogP contribution < -0.4 is 5.32 Å². The lowest BCUT2D eigenvalue weighted by Gasteiger charge is -2.14. The second-order valence-electron chi connectivity index (χ2n) is 7.12. The van der Waals surface area contributed by atoms with Crippen LogP contribution in [-0.4, -0.2) is 15.6 Å². The smallest absolute Gasteiger partial charge is 0.287 e. The Bertz CT molecular complexity index is 1090. The molecule has 1 unspecified atom stereocenters. The van der Waals surface area contributed by atoms with Crippen molar-refractivity contribution in [2.75, 3.05) is 0 Å². The summed E-state index contributed by atoms with van der Waals surface area (Å²) in [6.07, 6.45) is 4.54. The van der Waals surface area contributed by atoms with Crippen LogP contribution in [-0.2, 0) is 6.42 Å². The van der Waals surface area contributed by atoms with Crippen LogP contribution in [0.15, 0.2) is 69.9 Å². The van der Waals surface area contributed by atoms with Gasteiger partial charge in [-0.05, 0) is 62.7 Å². The minimum absolute atomic E-state index is 0.141. The van der Waals surface area contributed by atoms with Crippen LogP contribution >= 0.6 is 0 Å². The maximum absolute atomic E-state index is 12.6. The summed E-state index contributed by atoms with van der Waals surface area (Å²) in [4.78, 5) is 12.6. The monoisotopic (exact) mass is 389 g/mol. The molecule has 6 heteroatoms. The van der Waals surface area contributed by atoms with Crippen molar-refractivity contribution in [1.82, 2.24) is 15.0 Å². The van der Waals surface area contributed by atoms with Crippen molar-refractivity contribution in [2.24, 2.45) is 0 Å². The summed E-state index contributed by atoms with van der Waals surface area (Å²) in [6.45, 7) is 5.72. The molecular formula is C23H23N3O3. The van der Waals surface area contributed by atoms with Gasteiger partial charge in [0.2, 0.25) is 0 Å². The lowest BCUT2D eigenvalue weighted by Crippen LogP contribution is -2.26. The Morgan fingerprint density at radius 2 is 1.83 bits per heavy atom. The molecule has 1 atom stereocenters. The van der Waals surface area contributed by atoms with Crippen molar-refractivity contribution < 1.29 is 13.7 Å². The lowest BCUT2D eigenvalue weighted by molar-refractivity contribution is 0.0910. The molecule has 0 spiro atoms. The van der Waals surface area contributed by atoms with Gasteiger partial charge in [-0.15, -0.1) is 0 Å². The molecule has 6 nitrogen and oxygen atoms in total. The maximum Gasteiger partial charge on any atom is 0.287 e. The molecule has 1 aromatic carbocycles. The number of carbonyl (C=O) groups excluding carboxylic acids is 1. The number of carbonyl (C=O) groups is 1. The molecule has 1 amide bonds. The number of hydrogen-bond acceptors (Lipinski definition) is 4. The number of nitrogens with one attached hydrogen (secondary N) is 1. The van der Waals surface area contributed by atoms with E-state index < -0.39 is 0 Å². The van der Waals surface area contributed by atoms with Gasteiger partial charge in [-0.25, -0.2) is 0 Å². The highest BCUT2D eigenvalue weighted by Gasteiger charge is 2.17. The summed E-state index contributed by atoms with van der Waals surface area (Å²) in [5, 5.41) is 6.94. The highest BCUT2D eigenvalue weighted by atomic mass is 16.5. The molecule has 3 heterocycles. The van der Waals surface area contributed by atoms with Crippen molar-refractivity contribution in [1.29, 1.82) is 0 Å². The zero-order valence-corrected chi connectivity index (χ0v) is 16.7. The van der Waals surface area contributed by atoms with Crippen LogP contribution in [0.3, 0.4) is 0 Å². The normalized spacial score (nSPS) is 12.1. The van der Waals surface area contributed by atoms with E-state index in [9.17, 15) is 4.79 Å². The predicted molar refractivity (Wildman–Crippen MR) is 109 cm³/mol. The molecule has 148 valence electrons. The molecule has 29 heavy (non-hydrogen) atoms. The van der Waals surface area contributed by atoms with Gasteiger partial charge in [0, 0.05) is 30.1 Å². The van der Waals surface area contributed by atoms with E-state index in [2.05, 4.69) is 10.5 Å². The molecule has 0 aliphatic carbocycles. The fraction of sp³-hybridized carbons (Fsp3) is 0.217. The molecular weight excluding hydrogens is 366 g/mol. The fourth-order valence-electron chi connectivity index (χ4n) is 3.32. The fourth-order valence-corrected chi connectivity index (χ4v) is 3.32. The molecule has 4 rings (SSSR count). The summed E-state index contributed by atoms with van der Waals surface area (Å²) >= 11 is 0. The molecule has 0 saturated carbocycles. The van der Waals surface area contributed by atoms with E-state index in [0.29, 0.717) is 17.9 Å². The number of hydrogen-bond donors (Lipinski definition) is 1. The molecule has 3 aromatic heterocycles. The number of aromatic nitrogens is 2. The van der Waals surface area contributed by atoms with E-state index in [0.717, 1.165) is 28.3 Å². The molecule has 4 aromatic rings. The number of furan rings is 1. The Morgan fingerprint density at radius 1 is 1.10 bits per heavy atom. The SMILES string of the molecule is Cc1noc(C)c1Cc1ccc(C(=O)NC(C)c2ccc(-n3cccc3)cc2)o1. The Hall–Kier alpha value is -3.54. The Kier molecular flexibility index (Phi) is 5.08. The topological polar surface area (TPSA) is 73.2 Å². The molecule has 1 N–H and O–H groups in total. The largest absolute Gasteiger partial charge is 0.456 e. The summed E-state index contributed by atoms with van der Waals surface area (Å²) < 4.78 is 13.0. The Labute approximate surface area is 169 Å². The first-order chi connectivity index (χ1) is 14.0. The highest BCUT2D eigenvalue weighted by Crippen LogP contribution is 2.20. The summed E-state index contributed by atoms with van der Waals surface area (Å²) in [5.74, 6) is 1.52.